The molecule has 0 fully saturated rings. The number of carbonyl (C=O) groups excluding carboxylic acids is 1. The summed E-state index contributed by atoms with van der Waals surface area (Å²) in [6, 6.07) is 14.3. The van der Waals surface area contributed by atoms with Crippen LogP contribution in [-0.4, -0.2) is 19.2 Å². The number of para-hydroxylation sites is 1. The third-order valence-corrected chi connectivity index (χ3v) is 4.87. The van der Waals surface area contributed by atoms with Gasteiger partial charge in [0.25, 0.3) is 0 Å². The molecule has 0 amide bonds. The van der Waals surface area contributed by atoms with Crippen LogP contribution in [0.3, 0.4) is 0 Å². The van der Waals surface area contributed by atoms with Crippen LogP contribution in [-0.2, 0) is 14.6 Å². The molecule has 0 atom stereocenters. The number of benzene rings is 2. The van der Waals surface area contributed by atoms with Gasteiger partial charge in [0.05, 0.1) is 15.6 Å². The van der Waals surface area contributed by atoms with E-state index in [0.717, 1.165) is 6.92 Å². The third kappa shape index (κ3) is 3.52. The van der Waals surface area contributed by atoms with Gasteiger partial charge in [-0.3, -0.25) is 10.2 Å². The number of sulfone groups is 1. The molecule has 5 nitrogen and oxygen atoms in total. The van der Waals surface area contributed by atoms with Gasteiger partial charge in [0.2, 0.25) is 14.9 Å². The van der Waals surface area contributed by atoms with E-state index in [1.807, 2.05) is 0 Å². The Morgan fingerprint density at radius 1 is 1.05 bits per heavy atom. The Labute approximate surface area is 133 Å². The molecule has 7 heteroatoms. The van der Waals surface area contributed by atoms with Crippen LogP contribution < -0.4 is 5.43 Å². The number of anilines is 1. The molecule has 0 radical (unpaired) electrons. The normalized spacial score (nSPS) is 12.0. The Bertz CT molecular complexity index is 818. The maximum Gasteiger partial charge on any atom is 0.229 e. The Morgan fingerprint density at radius 2 is 1.64 bits per heavy atom. The van der Waals surface area contributed by atoms with E-state index in [0.29, 0.717) is 10.7 Å². The van der Waals surface area contributed by atoms with Crippen molar-refractivity contribution in [1.82, 2.24) is 0 Å². The van der Waals surface area contributed by atoms with Gasteiger partial charge >= 0.3 is 0 Å². The van der Waals surface area contributed by atoms with Crippen LogP contribution in [0.4, 0.5) is 5.69 Å². The number of hydrogen-bond acceptors (Lipinski definition) is 5. The fourth-order valence-electron chi connectivity index (χ4n) is 1.70. The van der Waals surface area contributed by atoms with Crippen molar-refractivity contribution >= 4 is 38.0 Å². The second-order valence-electron chi connectivity index (χ2n) is 4.38. The highest BCUT2D eigenvalue weighted by Gasteiger charge is 2.26. The molecule has 0 bridgehead atoms. The quantitative estimate of drug-likeness (QED) is 0.528. The summed E-state index contributed by atoms with van der Waals surface area (Å²) in [5.41, 5.74) is 2.93. The number of nitrogens with zero attached hydrogens (tertiary/aromatic N) is 1. The first-order valence-corrected chi connectivity index (χ1v) is 8.18. The minimum absolute atomic E-state index is 0.00455. The maximum atomic E-state index is 12.5. The highest BCUT2D eigenvalue weighted by atomic mass is 35.5. The number of halogens is 1. The van der Waals surface area contributed by atoms with E-state index in [-0.39, 0.29) is 4.90 Å². The van der Waals surface area contributed by atoms with E-state index in [2.05, 4.69) is 10.5 Å². The monoisotopic (exact) mass is 336 g/mol. The van der Waals surface area contributed by atoms with Crippen LogP contribution >= 0.6 is 11.6 Å². The molecule has 114 valence electrons. The first kappa shape index (κ1) is 16.2. The van der Waals surface area contributed by atoms with Gasteiger partial charge in [0, 0.05) is 6.92 Å². The molecule has 0 unspecified atom stereocenters. The molecule has 0 spiro atoms. The number of ketones is 1. The first-order valence-electron chi connectivity index (χ1n) is 6.32. The van der Waals surface area contributed by atoms with Gasteiger partial charge in [-0.05, 0) is 24.3 Å². The van der Waals surface area contributed by atoms with E-state index < -0.39 is 20.7 Å². The second-order valence-corrected chi connectivity index (χ2v) is 6.65. The van der Waals surface area contributed by atoms with Crippen LogP contribution in [0.1, 0.15) is 6.92 Å². The van der Waals surface area contributed by atoms with E-state index in [4.69, 9.17) is 11.6 Å². The van der Waals surface area contributed by atoms with Gasteiger partial charge in [-0.15, -0.1) is 0 Å². The lowest BCUT2D eigenvalue weighted by Gasteiger charge is -2.07. The van der Waals surface area contributed by atoms with Gasteiger partial charge in [-0.25, -0.2) is 8.42 Å². The standard InChI is InChI=1S/C15H13ClN2O3S/c1-11(19)15(18-17-14-10-6-5-9-13(14)16)22(20,21)12-7-3-2-4-8-12/h2-10,17H,1H3/b18-15+. The Kier molecular flexibility index (Phi) is 4.95. The summed E-state index contributed by atoms with van der Waals surface area (Å²) in [5.74, 6) is -0.664. The highest BCUT2D eigenvalue weighted by molar-refractivity contribution is 8.08. The largest absolute Gasteiger partial charge is 0.292 e. The molecule has 22 heavy (non-hydrogen) atoms. The number of rotatable bonds is 4. The molecule has 0 aliphatic rings. The van der Waals surface area contributed by atoms with Crippen LogP contribution in [0, 0.1) is 0 Å². The highest BCUT2D eigenvalue weighted by Crippen LogP contribution is 2.21. The summed E-state index contributed by atoms with van der Waals surface area (Å²) < 4.78 is 24.9. The Balaban J connectivity index is 2.41. The average molecular weight is 337 g/mol. The summed E-state index contributed by atoms with van der Waals surface area (Å²) in [6.45, 7) is 1.15. The lowest BCUT2D eigenvalue weighted by Crippen LogP contribution is -2.23. The van der Waals surface area contributed by atoms with Crippen LogP contribution in [0.25, 0.3) is 0 Å². The lowest BCUT2D eigenvalue weighted by atomic mass is 10.3. The summed E-state index contributed by atoms with van der Waals surface area (Å²) in [4.78, 5) is 11.7. The molecule has 2 aromatic rings. The summed E-state index contributed by atoms with van der Waals surface area (Å²) >= 11 is 5.95. The zero-order valence-electron chi connectivity index (χ0n) is 11.7. The Hall–Kier alpha value is -2.18. The van der Waals surface area contributed by atoms with E-state index in [1.54, 1.807) is 42.5 Å². The molecule has 2 rings (SSSR count). The van der Waals surface area contributed by atoms with Crippen LogP contribution in [0.15, 0.2) is 64.6 Å². The van der Waals surface area contributed by atoms with Gasteiger partial charge < -0.3 is 0 Å². The van der Waals surface area contributed by atoms with Gasteiger partial charge in [0.15, 0.2) is 5.78 Å². The van der Waals surface area contributed by atoms with Crippen molar-refractivity contribution in [3.8, 4) is 0 Å². The fourth-order valence-corrected chi connectivity index (χ4v) is 3.16. The van der Waals surface area contributed by atoms with Crippen molar-refractivity contribution in [3.63, 3.8) is 0 Å². The van der Waals surface area contributed by atoms with E-state index in [1.165, 1.54) is 12.1 Å². The fraction of sp³-hybridized carbons (Fsp3) is 0.0667. The SMILES string of the molecule is CC(=O)/C(=N\Nc1ccccc1Cl)S(=O)(=O)c1ccccc1. The number of hydrogen-bond donors (Lipinski definition) is 1. The molecular weight excluding hydrogens is 324 g/mol. The van der Waals surface area contributed by atoms with Crippen LogP contribution in [0.2, 0.25) is 5.02 Å². The molecule has 0 saturated carbocycles. The van der Waals surface area contributed by atoms with Gasteiger partial charge in [-0.1, -0.05) is 41.9 Å². The second kappa shape index (κ2) is 6.72. The summed E-state index contributed by atoms with van der Waals surface area (Å²) in [6.07, 6.45) is 0. The number of nitrogens with one attached hydrogen (secondary N) is 1. The number of carbonyl (C=O) groups is 1. The Morgan fingerprint density at radius 3 is 2.23 bits per heavy atom. The zero-order valence-corrected chi connectivity index (χ0v) is 13.2. The predicted molar refractivity (Wildman–Crippen MR) is 86.8 cm³/mol. The lowest BCUT2D eigenvalue weighted by molar-refractivity contribution is -0.110. The summed E-state index contributed by atoms with van der Waals surface area (Å²) in [5, 5.41) is 3.54. The number of Topliss-reactive ketones (excluding diaryl/α,β-unsaturated/α-hetero) is 1. The zero-order chi connectivity index (χ0) is 16.2. The molecule has 1 N–H and O–H groups in total. The minimum atomic E-state index is -3.99. The molecule has 0 aliphatic carbocycles. The maximum absolute atomic E-state index is 12.5. The van der Waals surface area contributed by atoms with Crippen molar-refractivity contribution < 1.29 is 13.2 Å². The molecular formula is C15H13ClN2O3S. The van der Waals surface area contributed by atoms with E-state index >= 15 is 0 Å². The van der Waals surface area contributed by atoms with Crippen molar-refractivity contribution in [2.24, 2.45) is 5.10 Å². The first-order chi connectivity index (χ1) is 10.4. The molecule has 0 heterocycles. The minimum Gasteiger partial charge on any atom is -0.292 e. The molecule has 0 saturated heterocycles. The third-order valence-electron chi connectivity index (χ3n) is 2.76. The average Bonchev–Trinajstić information content (AvgIpc) is 2.49. The smallest absolute Gasteiger partial charge is 0.229 e. The molecule has 0 aromatic heterocycles. The van der Waals surface area contributed by atoms with Crippen LogP contribution in [0.5, 0.6) is 0 Å². The number of hydrazone groups is 1. The predicted octanol–water partition coefficient (Wildman–Crippen LogP) is 3.13. The molecule has 0 aliphatic heterocycles. The van der Waals surface area contributed by atoms with E-state index in [9.17, 15) is 13.2 Å². The van der Waals surface area contributed by atoms with Crippen molar-refractivity contribution in [1.29, 1.82) is 0 Å². The molecule has 2 aromatic carbocycles. The summed E-state index contributed by atoms with van der Waals surface area (Å²) in [7, 11) is -3.99. The van der Waals surface area contributed by atoms with Gasteiger partial charge in [-0.2, -0.15) is 5.10 Å². The van der Waals surface area contributed by atoms with Gasteiger partial charge in [0.1, 0.15) is 0 Å². The van der Waals surface area contributed by atoms with Crippen molar-refractivity contribution in [2.45, 2.75) is 11.8 Å². The van der Waals surface area contributed by atoms with Crippen molar-refractivity contribution in [3.05, 3.63) is 59.6 Å². The van der Waals surface area contributed by atoms with Crippen molar-refractivity contribution in [2.75, 3.05) is 5.43 Å². The topological polar surface area (TPSA) is 75.6 Å².